The second-order valence-electron chi connectivity index (χ2n) is 2.97. The van der Waals surface area contributed by atoms with E-state index in [1.165, 1.54) is 18.5 Å². The maximum absolute atomic E-state index is 12.7. The third-order valence-corrected chi connectivity index (χ3v) is 1.67. The van der Waals surface area contributed by atoms with Crippen LogP contribution in [0.5, 0.6) is 0 Å². The summed E-state index contributed by atoms with van der Waals surface area (Å²) in [4.78, 5) is 3.86. The van der Waals surface area contributed by atoms with E-state index in [4.69, 9.17) is 5.41 Å². The SMILES string of the molecule is C/C(C=N)=C/N=Cc1ccc(F)c(F)c1. The molecule has 1 N–H and O–H groups in total. The van der Waals surface area contributed by atoms with Gasteiger partial charge in [0.1, 0.15) is 0 Å². The van der Waals surface area contributed by atoms with Crippen LogP contribution in [0.25, 0.3) is 0 Å². The number of allylic oxidation sites excluding steroid dienone is 1. The zero-order valence-corrected chi connectivity index (χ0v) is 8.17. The summed E-state index contributed by atoms with van der Waals surface area (Å²) < 4.78 is 25.3. The minimum Gasteiger partial charge on any atom is -0.308 e. The summed E-state index contributed by atoms with van der Waals surface area (Å²) >= 11 is 0. The fourth-order valence-electron chi connectivity index (χ4n) is 0.871. The lowest BCUT2D eigenvalue weighted by atomic mass is 10.2. The predicted octanol–water partition coefficient (Wildman–Crippen LogP) is 2.94. The van der Waals surface area contributed by atoms with Crippen LogP contribution in [0.15, 0.2) is 35.0 Å². The maximum Gasteiger partial charge on any atom is 0.159 e. The molecule has 0 saturated heterocycles. The highest BCUT2D eigenvalue weighted by Crippen LogP contribution is 2.06. The highest BCUT2D eigenvalue weighted by Gasteiger charge is 1.99. The van der Waals surface area contributed by atoms with Crippen LogP contribution >= 0.6 is 0 Å². The van der Waals surface area contributed by atoms with Crippen molar-refractivity contribution >= 4 is 12.4 Å². The molecule has 0 bridgehead atoms. The summed E-state index contributed by atoms with van der Waals surface area (Å²) in [5.41, 5.74) is 1.15. The zero-order valence-electron chi connectivity index (χ0n) is 8.17. The number of halogens is 2. The third-order valence-electron chi connectivity index (χ3n) is 1.67. The van der Waals surface area contributed by atoms with E-state index in [1.807, 2.05) is 0 Å². The van der Waals surface area contributed by atoms with Crippen molar-refractivity contribution in [1.29, 1.82) is 5.41 Å². The molecule has 0 spiro atoms. The Morgan fingerprint density at radius 3 is 2.67 bits per heavy atom. The number of rotatable bonds is 3. The standard InChI is InChI=1S/C11H10F2N2/c1-8(5-14)6-15-7-9-2-3-10(12)11(13)4-9/h2-7,14H,1H3/b8-6-,14-5?,15-7?. The third kappa shape index (κ3) is 3.42. The summed E-state index contributed by atoms with van der Waals surface area (Å²) in [5.74, 6) is -1.77. The molecule has 0 fully saturated rings. The Kier molecular flexibility index (Phi) is 3.85. The van der Waals surface area contributed by atoms with Crippen molar-refractivity contribution in [2.45, 2.75) is 6.92 Å². The molecular weight excluding hydrogens is 198 g/mol. The second-order valence-corrected chi connectivity index (χ2v) is 2.97. The van der Waals surface area contributed by atoms with Crippen molar-refractivity contribution in [3.63, 3.8) is 0 Å². The lowest BCUT2D eigenvalue weighted by Gasteiger charge is -1.94. The lowest BCUT2D eigenvalue weighted by Crippen LogP contribution is -1.87. The Bertz CT molecular complexity index is 423. The van der Waals surface area contributed by atoms with E-state index < -0.39 is 11.6 Å². The number of nitrogens with zero attached hydrogens (tertiary/aromatic N) is 1. The van der Waals surface area contributed by atoms with Gasteiger partial charge in [-0.2, -0.15) is 0 Å². The van der Waals surface area contributed by atoms with Gasteiger partial charge in [-0.3, -0.25) is 4.99 Å². The van der Waals surface area contributed by atoms with E-state index in [-0.39, 0.29) is 0 Å². The van der Waals surface area contributed by atoms with Crippen LogP contribution in [0, 0.1) is 17.0 Å². The molecule has 4 heteroatoms. The summed E-state index contributed by atoms with van der Waals surface area (Å²) in [5, 5.41) is 6.88. The smallest absolute Gasteiger partial charge is 0.159 e. The first-order chi connectivity index (χ1) is 7.13. The molecule has 0 aliphatic rings. The molecule has 78 valence electrons. The van der Waals surface area contributed by atoms with Gasteiger partial charge in [0, 0.05) is 18.6 Å². The summed E-state index contributed by atoms with van der Waals surface area (Å²) in [7, 11) is 0. The van der Waals surface area contributed by atoms with Crippen LogP contribution in [0.3, 0.4) is 0 Å². The lowest BCUT2D eigenvalue weighted by molar-refractivity contribution is 0.508. The molecule has 2 nitrogen and oxygen atoms in total. The average Bonchev–Trinajstić information content (AvgIpc) is 2.23. The molecule has 0 amide bonds. The van der Waals surface area contributed by atoms with Crippen molar-refractivity contribution in [2.24, 2.45) is 4.99 Å². The van der Waals surface area contributed by atoms with E-state index in [0.29, 0.717) is 11.1 Å². The molecule has 0 aromatic heterocycles. The molecular formula is C11H10F2N2. The van der Waals surface area contributed by atoms with Gasteiger partial charge in [0.15, 0.2) is 11.6 Å². The van der Waals surface area contributed by atoms with Crippen LogP contribution in [-0.2, 0) is 0 Å². The van der Waals surface area contributed by atoms with Crippen LogP contribution in [-0.4, -0.2) is 12.4 Å². The van der Waals surface area contributed by atoms with E-state index in [1.54, 1.807) is 6.92 Å². The first kappa shape index (κ1) is 11.2. The van der Waals surface area contributed by atoms with E-state index in [9.17, 15) is 8.78 Å². The molecule has 0 aliphatic heterocycles. The van der Waals surface area contributed by atoms with Crippen LogP contribution in [0.1, 0.15) is 12.5 Å². The Balaban J connectivity index is 2.81. The largest absolute Gasteiger partial charge is 0.308 e. The molecule has 0 heterocycles. The van der Waals surface area contributed by atoms with E-state index in [2.05, 4.69) is 4.99 Å². The summed E-state index contributed by atoms with van der Waals surface area (Å²) in [6.45, 7) is 1.72. The number of benzene rings is 1. The monoisotopic (exact) mass is 208 g/mol. The Morgan fingerprint density at radius 1 is 1.33 bits per heavy atom. The molecule has 1 aromatic rings. The van der Waals surface area contributed by atoms with Crippen LogP contribution in [0.2, 0.25) is 0 Å². The normalized spacial score (nSPS) is 12.1. The van der Waals surface area contributed by atoms with Crippen LogP contribution in [0.4, 0.5) is 8.78 Å². The van der Waals surface area contributed by atoms with Gasteiger partial charge in [0.25, 0.3) is 0 Å². The van der Waals surface area contributed by atoms with E-state index >= 15 is 0 Å². The molecule has 0 atom stereocenters. The average molecular weight is 208 g/mol. The van der Waals surface area contributed by atoms with Crippen molar-refractivity contribution in [3.8, 4) is 0 Å². The molecule has 0 radical (unpaired) electrons. The van der Waals surface area contributed by atoms with Gasteiger partial charge in [0.2, 0.25) is 0 Å². The number of nitrogens with one attached hydrogen (secondary N) is 1. The van der Waals surface area contributed by atoms with Crippen molar-refractivity contribution in [3.05, 3.63) is 47.2 Å². The van der Waals surface area contributed by atoms with E-state index in [0.717, 1.165) is 18.3 Å². The minimum atomic E-state index is -0.897. The van der Waals surface area contributed by atoms with Gasteiger partial charge in [-0.25, -0.2) is 8.78 Å². The Labute approximate surface area is 86.5 Å². The molecule has 15 heavy (non-hydrogen) atoms. The van der Waals surface area contributed by atoms with Crippen molar-refractivity contribution in [1.82, 2.24) is 0 Å². The zero-order chi connectivity index (χ0) is 11.3. The molecule has 1 rings (SSSR count). The summed E-state index contributed by atoms with van der Waals surface area (Å²) in [6.07, 6.45) is 4.02. The van der Waals surface area contributed by atoms with Gasteiger partial charge < -0.3 is 5.41 Å². The topological polar surface area (TPSA) is 36.2 Å². The second kappa shape index (κ2) is 5.14. The van der Waals surface area contributed by atoms with Gasteiger partial charge in [-0.15, -0.1) is 0 Å². The Hall–Kier alpha value is -1.84. The van der Waals surface area contributed by atoms with Crippen molar-refractivity contribution in [2.75, 3.05) is 0 Å². The molecule has 0 aliphatic carbocycles. The molecule has 1 aromatic carbocycles. The quantitative estimate of drug-likeness (QED) is 0.741. The number of hydrogen-bond acceptors (Lipinski definition) is 2. The number of aliphatic imine (C=N–C) groups is 1. The van der Waals surface area contributed by atoms with Gasteiger partial charge in [-0.05, 0) is 30.2 Å². The minimum absolute atomic E-state index is 0.475. The molecule has 0 unspecified atom stereocenters. The van der Waals surface area contributed by atoms with Gasteiger partial charge in [0.05, 0.1) is 0 Å². The fraction of sp³-hybridized carbons (Fsp3) is 0.0909. The van der Waals surface area contributed by atoms with Crippen LogP contribution < -0.4 is 0 Å². The first-order valence-electron chi connectivity index (χ1n) is 4.29. The highest BCUT2D eigenvalue weighted by molar-refractivity contribution is 5.81. The first-order valence-corrected chi connectivity index (χ1v) is 4.29. The van der Waals surface area contributed by atoms with Crippen molar-refractivity contribution < 1.29 is 8.78 Å². The summed E-state index contributed by atoms with van der Waals surface area (Å²) in [6, 6.07) is 3.53. The van der Waals surface area contributed by atoms with Gasteiger partial charge in [-0.1, -0.05) is 6.07 Å². The Morgan fingerprint density at radius 2 is 2.07 bits per heavy atom. The fourth-order valence-corrected chi connectivity index (χ4v) is 0.871. The van der Waals surface area contributed by atoms with Gasteiger partial charge >= 0.3 is 0 Å². The molecule has 0 saturated carbocycles. The predicted molar refractivity (Wildman–Crippen MR) is 56.5 cm³/mol. The number of hydrogen-bond donors (Lipinski definition) is 1. The highest BCUT2D eigenvalue weighted by atomic mass is 19.2. The maximum atomic E-state index is 12.7.